The van der Waals surface area contributed by atoms with Crippen LogP contribution in [0.25, 0.3) is 0 Å². The highest BCUT2D eigenvalue weighted by Gasteiger charge is 2.03. The molecule has 0 aliphatic carbocycles. The molecule has 0 spiro atoms. The summed E-state index contributed by atoms with van der Waals surface area (Å²) in [5, 5.41) is 12.5. The minimum atomic E-state index is -0.314. The van der Waals surface area contributed by atoms with Crippen LogP contribution in [-0.4, -0.2) is 11.7 Å². The summed E-state index contributed by atoms with van der Waals surface area (Å²) in [6, 6.07) is 11.5. The predicted molar refractivity (Wildman–Crippen MR) is 76.2 cm³/mol. The molecule has 0 aliphatic heterocycles. The van der Waals surface area contributed by atoms with Gasteiger partial charge >= 0.3 is 0 Å². The Morgan fingerprint density at radius 3 is 2.75 bits per heavy atom. The van der Waals surface area contributed by atoms with Gasteiger partial charge in [-0.15, -0.1) is 0 Å². The highest BCUT2D eigenvalue weighted by molar-refractivity contribution is 5.31. The first-order valence-corrected chi connectivity index (χ1v) is 6.58. The van der Waals surface area contributed by atoms with E-state index < -0.39 is 0 Å². The van der Waals surface area contributed by atoms with Crippen LogP contribution in [0.15, 0.2) is 42.5 Å². The maximum Gasteiger partial charge on any atom is 0.127 e. The van der Waals surface area contributed by atoms with Gasteiger partial charge in [-0.2, -0.15) is 0 Å². The molecule has 0 saturated heterocycles. The van der Waals surface area contributed by atoms with Crippen molar-refractivity contribution in [2.45, 2.75) is 20.1 Å². The molecule has 3 nitrogen and oxygen atoms in total. The molecule has 0 atom stereocenters. The van der Waals surface area contributed by atoms with Crippen molar-refractivity contribution in [3.05, 3.63) is 59.4 Å². The number of hydrogen-bond donors (Lipinski definition) is 2. The van der Waals surface area contributed by atoms with Gasteiger partial charge < -0.3 is 15.2 Å². The molecule has 106 valence electrons. The van der Waals surface area contributed by atoms with Crippen LogP contribution in [0.4, 0.5) is 4.39 Å². The molecule has 0 bridgehead atoms. The van der Waals surface area contributed by atoms with Gasteiger partial charge in [0.1, 0.15) is 23.9 Å². The third-order valence-corrected chi connectivity index (χ3v) is 2.83. The molecule has 2 N–H and O–H groups in total. The summed E-state index contributed by atoms with van der Waals surface area (Å²) in [6.45, 7) is 3.73. The predicted octanol–water partition coefficient (Wildman–Crippen LogP) is 3.22. The number of benzene rings is 2. The van der Waals surface area contributed by atoms with Gasteiger partial charge in [0.25, 0.3) is 0 Å². The quantitative estimate of drug-likeness (QED) is 0.850. The Morgan fingerprint density at radius 2 is 2.00 bits per heavy atom. The van der Waals surface area contributed by atoms with Crippen molar-refractivity contribution in [2.24, 2.45) is 0 Å². The molecule has 2 aromatic carbocycles. The molecule has 2 aromatic rings. The standard InChI is InChI=1S/C16H18FNO2/c1-2-18-10-13-6-14(17)9-16(8-13)20-11-12-4-3-5-15(19)7-12/h3-9,18-19H,2,10-11H2,1H3. The van der Waals surface area contributed by atoms with Crippen LogP contribution in [0.2, 0.25) is 0 Å². The van der Waals surface area contributed by atoms with Gasteiger partial charge in [-0.3, -0.25) is 0 Å². The van der Waals surface area contributed by atoms with Crippen LogP contribution in [0.3, 0.4) is 0 Å². The van der Waals surface area contributed by atoms with Crippen molar-refractivity contribution < 1.29 is 14.2 Å². The maximum atomic E-state index is 13.5. The summed E-state index contributed by atoms with van der Waals surface area (Å²) < 4.78 is 19.1. The molecule has 0 aromatic heterocycles. The molecule has 0 amide bonds. The molecule has 20 heavy (non-hydrogen) atoms. The highest BCUT2D eigenvalue weighted by atomic mass is 19.1. The lowest BCUT2D eigenvalue weighted by molar-refractivity contribution is 0.303. The molecular formula is C16H18FNO2. The Labute approximate surface area is 118 Å². The van der Waals surface area contributed by atoms with E-state index in [1.807, 2.05) is 19.1 Å². The number of halogens is 1. The molecule has 0 unspecified atom stereocenters. The third-order valence-electron chi connectivity index (χ3n) is 2.83. The van der Waals surface area contributed by atoms with Crippen LogP contribution in [0.1, 0.15) is 18.1 Å². The van der Waals surface area contributed by atoms with E-state index in [2.05, 4.69) is 5.32 Å². The normalized spacial score (nSPS) is 10.5. The van der Waals surface area contributed by atoms with Gasteiger partial charge in [-0.25, -0.2) is 4.39 Å². The number of hydrogen-bond acceptors (Lipinski definition) is 3. The number of phenolic OH excluding ortho intramolecular Hbond substituents is 1. The first kappa shape index (κ1) is 14.3. The van der Waals surface area contributed by atoms with Gasteiger partial charge in [0.15, 0.2) is 0 Å². The molecule has 0 aliphatic rings. The molecule has 0 fully saturated rings. The monoisotopic (exact) mass is 275 g/mol. The van der Waals surface area contributed by atoms with Gasteiger partial charge in [0.05, 0.1) is 0 Å². The fraction of sp³-hybridized carbons (Fsp3) is 0.250. The van der Waals surface area contributed by atoms with Crippen molar-refractivity contribution in [3.63, 3.8) is 0 Å². The molecule has 0 radical (unpaired) electrons. The first-order chi connectivity index (χ1) is 9.67. The number of nitrogens with one attached hydrogen (secondary N) is 1. The number of ether oxygens (including phenoxy) is 1. The van der Waals surface area contributed by atoms with E-state index in [1.54, 1.807) is 18.2 Å². The van der Waals surface area contributed by atoms with Crippen LogP contribution in [-0.2, 0) is 13.2 Å². The minimum absolute atomic E-state index is 0.193. The summed E-state index contributed by atoms with van der Waals surface area (Å²) in [7, 11) is 0. The average Bonchev–Trinajstić information content (AvgIpc) is 2.42. The average molecular weight is 275 g/mol. The molecule has 4 heteroatoms. The second-order valence-electron chi connectivity index (χ2n) is 4.53. The van der Waals surface area contributed by atoms with E-state index in [0.29, 0.717) is 18.9 Å². The van der Waals surface area contributed by atoms with Crippen LogP contribution >= 0.6 is 0 Å². The fourth-order valence-corrected chi connectivity index (χ4v) is 1.89. The van der Waals surface area contributed by atoms with Crippen molar-refractivity contribution in [1.82, 2.24) is 5.32 Å². The summed E-state index contributed by atoms with van der Waals surface area (Å²) in [5.41, 5.74) is 1.68. The second kappa shape index (κ2) is 6.91. The van der Waals surface area contributed by atoms with Crippen molar-refractivity contribution in [3.8, 4) is 11.5 Å². The Balaban J connectivity index is 2.03. The van der Waals surface area contributed by atoms with E-state index in [4.69, 9.17) is 4.74 Å². The number of phenols is 1. The van der Waals surface area contributed by atoms with Crippen LogP contribution in [0, 0.1) is 5.82 Å². The number of aromatic hydroxyl groups is 1. The summed E-state index contributed by atoms with van der Waals surface area (Å²) >= 11 is 0. The Hall–Kier alpha value is -2.07. The van der Waals surface area contributed by atoms with Gasteiger partial charge in [0.2, 0.25) is 0 Å². The van der Waals surface area contributed by atoms with Crippen LogP contribution < -0.4 is 10.1 Å². The first-order valence-electron chi connectivity index (χ1n) is 6.58. The zero-order valence-corrected chi connectivity index (χ0v) is 11.4. The zero-order chi connectivity index (χ0) is 14.4. The fourth-order valence-electron chi connectivity index (χ4n) is 1.89. The Morgan fingerprint density at radius 1 is 1.15 bits per heavy atom. The Kier molecular flexibility index (Phi) is 4.96. The topological polar surface area (TPSA) is 41.5 Å². The van der Waals surface area contributed by atoms with Crippen molar-refractivity contribution >= 4 is 0 Å². The largest absolute Gasteiger partial charge is 0.508 e. The minimum Gasteiger partial charge on any atom is -0.508 e. The summed E-state index contributed by atoms with van der Waals surface area (Å²) in [6.07, 6.45) is 0. The van der Waals surface area contributed by atoms with E-state index in [0.717, 1.165) is 17.7 Å². The van der Waals surface area contributed by atoms with E-state index in [-0.39, 0.29) is 11.6 Å². The lowest BCUT2D eigenvalue weighted by atomic mass is 10.2. The molecule has 2 rings (SSSR count). The summed E-state index contributed by atoms with van der Waals surface area (Å²) in [4.78, 5) is 0. The number of rotatable bonds is 6. The maximum absolute atomic E-state index is 13.5. The zero-order valence-electron chi connectivity index (χ0n) is 11.4. The van der Waals surface area contributed by atoms with Crippen molar-refractivity contribution in [1.29, 1.82) is 0 Å². The van der Waals surface area contributed by atoms with Crippen LogP contribution in [0.5, 0.6) is 11.5 Å². The highest BCUT2D eigenvalue weighted by Crippen LogP contribution is 2.19. The summed E-state index contributed by atoms with van der Waals surface area (Å²) in [5.74, 6) is 0.366. The smallest absolute Gasteiger partial charge is 0.127 e. The van der Waals surface area contributed by atoms with E-state index in [1.165, 1.54) is 12.1 Å². The Bertz CT molecular complexity index is 572. The van der Waals surface area contributed by atoms with Gasteiger partial charge in [-0.1, -0.05) is 19.1 Å². The van der Waals surface area contributed by atoms with Gasteiger partial charge in [-0.05, 0) is 41.9 Å². The molecule has 0 heterocycles. The van der Waals surface area contributed by atoms with E-state index >= 15 is 0 Å². The van der Waals surface area contributed by atoms with Gasteiger partial charge in [0, 0.05) is 12.6 Å². The lowest BCUT2D eigenvalue weighted by Gasteiger charge is -2.09. The lowest BCUT2D eigenvalue weighted by Crippen LogP contribution is -2.12. The SMILES string of the molecule is CCNCc1cc(F)cc(OCc2cccc(O)c2)c1. The van der Waals surface area contributed by atoms with E-state index in [9.17, 15) is 9.50 Å². The molecular weight excluding hydrogens is 257 g/mol. The van der Waals surface area contributed by atoms with Crippen molar-refractivity contribution in [2.75, 3.05) is 6.54 Å². The molecule has 0 saturated carbocycles. The second-order valence-corrected chi connectivity index (χ2v) is 4.53. The third kappa shape index (κ3) is 4.24.